The van der Waals surface area contributed by atoms with Gasteiger partial charge in [-0.1, -0.05) is 46.8 Å². The Bertz CT molecular complexity index is 718. The fourth-order valence-corrected chi connectivity index (χ4v) is 3.71. The summed E-state index contributed by atoms with van der Waals surface area (Å²) in [6.45, 7) is 16.1. The van der Waals surface area contributed by atoms with Crippen LogP contribution in [-0.4, -0.2) is 41.1 Å². The van der Waals surface area contributed by atoms with Crippen molar-refractivity contribution < 1.29 is 24.6 Å². The first-order valence-electron chi connectivity index (χ1n) is 10.2. The zero-order chi connectivity index (χ0) is 23.1. The SMILES string of the molecule is C=CC(C)(OCC(O)C(C)(C)C)[C@H](C)[C@@H](CC)c1ccc(OCC(=O)NO)c(Br)c1. The van der Waals surface area contributed by atoms with Crippen LogP contribution >= 0.6 is 15.9 Å². The molecule has 0 aliphatic rings. The molecular weight excluding hydrogens is 450 g/mol. The molecule has 7 heteroatoms. The second kappa shape index (κ2) is 11.3. The number of aliphatic hydroxyl groups is 1. The molecular formula is C23H36BrNO5. The average molecular weight is 486 g/mol. The fourth-order valence-electron chi connectivity index (χ4n) is 3.20. The van der Waals surface area contributed by atoms with Crippen molar-refractivity contribution in [3.05, 3.63) is 40.9 Å². The molecule has 0 aliphatic carbocycles. The minimum Gasteiger partial charge on any atom is -0.483 e. The molecule has 4 atom stereocenters. The Morgan fingerprint density at radius 1 is 1.33 bits per heavy atom. The number of halogens is 1. The van der Waals surface area contributed by atoms with Crippen molar-refractivity contribution in [2.24, 2.45) is 11.3 Å². The van der Waals surface area contributed by atoms with E-state index in [1.807, 2.05) is 45.9 Å². The van der Waals surface area contributed by atoms with E-state index in [4.69, 9.17) is 14.7 Å². The lowest BCUT2D eigenvalue weighted by atomic mass is 9.75. The fraction of sp³-hybridized carbons (Fsp3) is 0.609. The lowest BCUT2D eigenvalue weighted by molar-refractivity contribution is -0.131. The predicted molar refractivity (Wildman–Crippen MR) is 122 cm³/mol. The van der Waals surface area contributed by atoms with Gasteiger partial charge < -0.3 is 14.6 Å². The molecule has 170 valence electrons. The van der Waals surface area contributed by atoms with E-state index in [0.29, 0.717) is 5.75 Å². The zero-order valence-corrected chi connectivity index (χ0v) is 20.5. The zero-order valence-electron chi connectivity index (χ0n) is 18.9. The van der Waals surface area contributed by atoms with Gasteiger partial charge in [-0.15, -0.1) is 6.58 Å². The summed E-state index contributed by atoms with van der Waals surface area (Å²) in [7, 11) is 0. The molecule has 1 aromatic rings. The van der Waals surface area contributed by atoms with Gasteiger partial charge in [0, 0.05) is 0 Å². The largest absolute Gasteiger partial charge is 0.483 e. The van der Waals surface area contributed by atoms with Crippen LogP contribution in [0.5, 0.6) is 5.75 Å². The summed E-state index contributed by atoms with van der Waals surface area (Å²) in [4.78, 5) is 11.2. The summed E-state index contributed by atoms with van der Waals surface area (Å²) in [5.41, 5.74) is 1.76. The molecule has 0 aliphatic heterocycles. The quantitative estimate of drug-likeness (QED) is 0.237. The minimum atomic E-state index is -0.623. The molecule has 3 N–H and O–H groups in total. The predicted octanol–water partition coefficient (Wildman–Crippen LogP) is 4.83. The van der Waals surface area contributed by atoms with Crippen LogP contribution in [0.25, 0.3) is 0 Å². The van der Waals surface area contributed by atoms with Crippen molar-refractivity contribution in [2.75, 3.05) is 13.2 Å². The highest BCUT2D eigenvalue weighted by atomic mass is 79.9. The lowest BCUT2D eigenvalue weighted by Crippen LogP contribution is -2.41. The van der Waals surface area contributed by atoms with Crippen molar-refractivity contribution in [1.29, 1.82) is 0 Å². The van der Waals surface area contributed by atoms with Crippen molar-refractivity contribution in [1.82, 2.24) is 5.48 Å². The van der Waals surface area contributed by atoms with Crippen LogP contribution in [0.15, 0.2) is 35.3 Å². The van der Waals surface area contributed by atoms with Gasteiger partial charge in [0.1, 0.15) is 5.75 Å². The van der Waals surface area contributed by atoms with E-state index in [2.05, 4.69) is 36.4 Å². The number of hydroxylamine groups is 1. The van der Waals surface area contributed by atoms with Crippen LogP contribution in [0.4, 0.5) is 0 Å². The monoisotopic (exact) mass is 485 g/mol. The molecule has 1 amide bonds. The van der Waals surface area contributed by atoms with Crippen LogP contribution in [0.2, 0.25) is 0 Å². The molecule has 0 saturated carbocycles. The van der Waals surface area contributed by atoms with Crippen LogP contribution < -0.4 is 10.2 Å². The third kappa shape index (κ3) is 7.08. The van der Waals surface area contributed by atoms with Gasteiger partial charge in [-0.25, -0.2) is 5.48 Å². The van der Waals surface area contributed by atoms with Crippen LogP contribution in [0.3, 0.4) is 0 Å². The number of benzene rings is 1. The Kier molecular flexibility index (Phi) is 10.0. The third-order valence-electron chi connectivity index (χ3n) is 5.77. The van der Waals surface area contributed by atoms with Gasteiger partial charge in [0.05, 0.1) is 22.8 Å². The standard InChI is InChI=1S/C23H36BrNO5/c1-8-17(15(3)23(7,9-2)30-13-20(26)22(4,5)6)16-10-11-19(18(24)12-16)29-14-21(27)25-28/h9-12,15,17,20,26,28H,2,8,13-14H2,1,3-7H3,(H,25,27)/t15-,17-,20?,23?/m1/s1. The van der Waals surface area contributed by atoms with Gasteiger partial charge in [0.2, 0.25) is 0 Å². The van der Waals surface area contributed by atoms with Gasteiger partial charge in [-0.2, -0.15) is 0 Å². The first kappa shape index (κ1) is 26.6. The van der Waals surface area contributed by atoms with E-state index in [0.717, 1.165) is 16.5 Å². The molecule has 1 rings (SSSR count). The Morgan fingerprint density at radius 2 is 1.97 bits per heavy atom. The summed E-state index contributed by atoms with van der Waals surface area (Å²) >= 11 is 3.50. The molecule has 0 bridgehead atoms. The maximum atomic E-state index is 11.2. The lowest BCUT2D eigenvalue weighted by Gasteiger charge is -2.39. The topological polar surface area (TPSA) is 88.0 Å². The van der Waals surface area contributed by atoms with E-state index >= 15 is 0 Å². The van der Waals surface area contributed by atoms with Gasteiger partial charge in [-0.3, -0.25) is 10.0 Å². The van der Waals surface area contributed by atoms with Crippen LogP contribution in [0.1, 0.15) is 59.4 Å². The van der Waals surface area contributed by atoms with E-state index in [1.54, 1.807) is 11.5 Å². The summed E-state index contributed by atoms with van der Waals surface area (Å²) in [5.74, 6) is 0.153. The molecule has 1 aromatic carbocycles. The van der Waals surface area contributed by atoms with E-state index in [9.17, 15) is 9.90 Å². The molecule has 6 nitrogen and oxygen atoms in total. The average Bonchev–Trinajstić information content (AvgIpc) is 2.70. The number of hydrogen-bond donors (Lipinski definition) is 3. The number of aliphatic hydroxyl groups excluding tert-OH is 1. The second-order valence-electron chi connectivity index (χ2n) is 8.90. The molecule has 30 heavy (non-hydrogen) atoms. The minimum absolute atomic E-state index is 0.0889. The molecule has 0 saturated heterocycles. The van der Waals surface area contributed by atoms with E-state index in [1.165, 1.54) is 0 Å². The van der Waals surface area contributed by atoms with Crippen molar-refractivity contribution in [3.8, 4) is 5.75 Å². The van der Waals surface area contributed by atoms with Crippen molar-refractivity contribution in [3.63, 3.8) is 0 Å². The maximum Gasteiger partial charge on any atom is 0.281 e. The van der Waals surface area contributed by atoms with Crippen LogP contribution in [-0.2, 0) is 9.53 Å². The molecule has 2 unspecified atom stereocenters. The highest BCUT2D eigenvalue weighted by molar-refractivity contribution is 9.10. The first-order valence-corrected chi connectivity index (χ1v) is 11.0. The first-order chi connectivity index (χ1) is 13.9. The van der Waals surface area contributed by atoms with Crippen molar-refractivity contribution >= 4 is 21.8 Å². The number of nitrogens with one attached hydrogen (secondary N) is 1. The Labute approximate surface area is 188 Å². The third-order valence-corrected chi connectivity index (χ3v) is 6.39. The highest BCUT2D eigenvalue weighted by Crippen LogP contribution is 2.40. The molecule has 0 radical (unpaired) electrons. The Morgan fingerprint density at radius 3 is 2.43 bits per heavy atom. The normalized spacial score (nSPS) is 16.8. The van der Waals surface area contributed by atoms with Crippen LogP contribution in [0, 0.1) is 11.3 Å². The van der Waals surface area contributed by atoms with Gasteiger partial charge in [0.15, 0.2) is 6.61 Å². The number of amides is 1. The number of rotatable bonds is 11. The molecule has 0 spiro atoms. The highest BCUT2D eigenvalue weighted by Gasteiger charge is 2.36. The van der Waals surface area contributed by atoms with Gasteiger partial charge in [0.25, 0.3) is 5.91 Å². The maximum absolute atomic E-state index is 11.2. The molecule has 0 aromatic heterocycles. The number of ether oxygens (including phenoxy) is 2. The molecule has 0 heterocycles. The Hall–Kier alpha value is -1.41. The smallest absolute Gasteiger partial charge is 0.281 e. The molecule has 0 fully saturated rings. The summed E-state index contributed by atoms with van der Waals surface area (Å²) in [6.07, 6.45) is 2.12. The van der Waals surface area contributed by atoms with Crippen molar-refractivity contribution in [2.45, 2.75) is 65.6 Å². The van der Waals surface area contributed by atoms with Gasteiger partial charge >= 0.3 is 0 Å². The Balaban J connectivity index is 3.01. The number of carbonyl (C=O) groups is 1. The summed E-state index contributed by atoms with van der Waals surface area (Å²) in [6, 6.07) is 5.74. The van der Waals surface area contributed by atoms with Gasteiger partial charge in [-0.05, 0) is 64.2 Å². The second-order valence-corrected chi connectivity index (χ2v) is 9.75. The number of hydrogen-bond acceptors (Lipinski definition) is 5. The summed E-state index contributed by atoms with van der Waals surface area (Å²) < 4.78 is 12.3. The number of carbonyl (C=O) groups excluding carboxylic acids is 1. The van der Waals surface area contributed by atoms with E-state index in [-0.39, 0.29) is 30.5 Å². The summed E-state index contributed by atoms with van der Waals surface area (Å²) in [5, 5.41) is 19.0. The van der Waals surface area contributed by atoms with E-state index < -0.39 is 17.6 Å².